The monoisotopic (exact) mass is 343 g/mol. The average molecular weight is 343 g/mol. The summed E-state index contributed by atoms with van der Waals surface area (Å²) in [7, 11) is 0. The van der Waals surface area contributed by atoms with E-state index in [0.717, 1.165) is 41.5 Å². The molecule has 1 amide bonds. The van der Waals surface area contributed by atoms with Gasteiger partial charge in [-0.05, 0) is 31.9 Å². The molecular formula is C17H21N5OS. The van der Waals surface area contributed by atoms with Crippen molar-refractivity contribution in [3.05, 3.63) is 36.7 Å². The second kappa shape index (κ2) is 7.61. The molecule has 24 heavy (non-hydrogen) atoms. The molecule has 0 radical (unpaired) electrons. The topological polar surface area (TPSA) is 63.9 Å². The molecule has 0 aromatic carbocycles. The quantitative estimate of drug-likeness (QED) is 0.596. The highest BCUT2D eigenvalue weighted by atomic mass is 32.2. The van der Waals surface area contributed by atoms with Crippen LogP contribution in [0, 0.1) is 0 Å². The zero-order valence-corrected chi connectivity index (χ0v) is 14.6. The molecule has 6 nitrogen and oxygen atoms in total. The number of amides is 1. The van der Waals surface area contributed by atoms with Crippen LogP contribution in [0.3, 0.4) is 0 Å². The number of hydrogen-bond donors (Lipinski definition) is 0. The molecule has 0 atom stereocenters. The van der Waals surface area contributed by atoms with Crippen LogP contribution in [0.5, 0.6) is 0 Å². The van der Waals surface area contributed by atoms with E-state index in [1.54, 1.807) is 24.2 Å². The summed E-state index contributed by atoms with van der Waals surface area (Å²) in [5, 5.41) is 9.48. The van der Waals surface area contributed by atoms with E-state index in [2.05, 4.69) is 26.3 Å². The summed E-state index contributed by atoms with van der Waals surface area (Å²) < 4.78 is 2.05. The van der Waals surface area contributed by atoms with E-state index >= 15 is 0 Å². The number of rotatable bonds is 6. The Morgan fingerprint density at radius 1 is 1.29 bits per heavy atom. The van der Waals surface area contributed by atoms with Crippen molar-refractivity contribution in [3.8, 4) is 11.4 Å². The smallest absolute Gasteiger partial charge is 0.223 e. The van der Waals surface area contributed by atoms with Crippen molar-refractivity contribution in [2.75, 3.05) is 12.4 Å². The van der Waals surface area contributed by atoms with Gasteiger partial charge in [-0.3, -0.25) is 14.3 Å². The van der Waals surface area contributed by atoms with Crippen molar-refractivity contribution in [2.24, 2.45) is 0 Å². The molecule has 3 heterocycles. The normalized spacial score (nSPS) is 14.9. The number of aromatic nitrogens is 4. The van der Waals surface area contributed by atoms with Crippen LogP contribution in [0.1, 0.15) is 26.2 Å². The van der Waals surface area contributed by atoms with Crippen molar-refractivity contribution in [2.45, 2.75) is 37.9 Å². The molecule has 1 fully saturated rings. The highest BCUT2D eigenvalue weighted by Gasteiger charge is 2.20. The third-order valence-electron chi connectivity index (χ3n) is 3.85. The minimum absolute atomic E-state index is 0.231. The minimum Gasteiger partial charge on any atom is -0.333 e. The lowest BCUT2D eigenvalue weighted by Crippen LogP contribution is -2.34. The molecule has 2 aromatic heterocycles. The predicted octanol–water partition coefficient (Wildman–Crippen LogP) is 2.98. The van der Waals surface area contributed by atoms with Crippen LogP contribution in [0.15, 0.2) is 41.8 Å². The largest absolute Gasteiger partial charge is 0.333 e. The fraction of sp³-hybridized carbons (Fsp3) is 0.412. The van der Waals surface area contributed by atoms with Crippen molar-refractivity contribution in [3.63, 3.8) is 0 Å². The zero-order valence-electron chi connectivity index (χ0n) is 13.8. The Kier molecular flexibility index (Phi) is 5.30. The summed E-state index contributed by atoms with van der Waals surface area (Å²) in [5.41, 5.74) is 2.00. The summed E-state index contributed by atoms with van der Waals surface area (Å²) >= 11 is 1.55. The van der Waals surface area contributed by atoms with Gasteiger partial charge in [0.05, 0.1) is 5.88 Å². The second-order valence-corrected chi connectivity index (χ2v) is 6.89. The van der Waals surface area contributed by atoms with Crippen molar-refractivity contribution >= 4 is 17.7 Å². The first-order valence-electron chi connectivity index (χ1n) is 8.03. The first kappa shape index (κ1) is 16.7. The van der Waals surface area contributed by atoms with Crippen LogP contribution in [-0.2, 0) is 11.3 Å². The summed E-state index contributed by atoms with van der Waals surface area (Å²) in [6.45, 7) is 7.48. The summed E-state index contributed by atoms with van der Waals surface area (Å²) in [6, 6.07) is 3.84. The Morgan fingerprint density at radius 3 is 2.79 bits per heavy atom. The second-order valence-electron chi connectivity index (χ2n) is 5.97. The van der Waals surface area contributed by atoms with Crippen LogP contribution in [0.2, 0.25) is 0 Å². The number of piperidine rings is 1. The molecule has 0 spiro atoms. The van der Waals surface area contributed by atoms with E-state index < -0.39 is 0 Å². The lowest BCUT2D eigenvalue weighted by Gasteiger charge is -2.26. The Morgan fingerprint density at radius 2 is 2.08 bits per heavy atom. The molecule has 0 bridgehead atoms. The molecular weight excluding hydrogens is 322 g/mol. The summed E-state index contributed by atoms with van der Waals surface area (Å²) in [4.78, 5) is 17.9. The molecule has 126 valence electrons. The van der Waals surface area contributed by atoms with Crippen LogP contribution >= 0.6 is 11.8 Å². The van der Waals surface area contributed by atoms with Gasteiger partial charge in [0.25, 0.3) is 0 Å². The number of carbonyl (C=O) groups is 1. The number of likely N-dealkylation sites (tertiary alicyclic amines) is 1. The van der Waals surface area contributed by atoms with Crippen molar-refractivity contribution < 1.29 is 4.79 Å². The molecule has 1 saturated heterocycles. The molecule has 3 rings (SSSR count). The molecule has 1 aliphatic heterocycles. The third-order valence-corrected chi connectivity index (χ3v) is 4.86. The van der Waals surface area contributed by atoms with E-state index in [1.165, 1.54) is 0 Å². The molecule has 2 aromatic rings. The Hall–Kier alpha value is -2.15. The molecule has 0 unspecified atom stereocenters. The SMILES string of the molecule is C=C(C)Cn1c(SCN2CCCCC2=O)nnc1-c1ccncc1. The van der Waals surface area contributed by atoms with Gasteiger partial charge < -0.3 is 4.90 Å². The minimum atomic E-state index is 0.231. The van der Waals surface area contributed by atoms with E-state index in [0.29, 0.717) is 18.8 Å². The van der Waals surface area contributed by atoms with E-state index in [1.807, 2.05) is 24.0 Å². The maximum Gasteiger partial charge on any atom is 0.223 e. The lowest BCUT2D eigenvalue weighted by molar-refractivity contribution is -0.132. The fourth-order valence-electron chi connectivity index (χ4n) is 2.66. The number of carbonyl (C=O) groups excluding carboxylic acids is 1. The van der Waals surface area contributed by atoms with E-state index in [9.17, 15) is 4.79 Å². The van der Waals surface area contributed by atoms with Gasteiger partial charge in [-0.1, -0.05) is 23.9 Å². The van der Waals surface area contributed by atoms with E-state index in [4.69, 9.17) is 0 Å². The Labute approximate surface area is 146 Å². The molecule has 1 aliphatic rings. The number of pyridine rings is 1. The number of thioether (sulfide) groups is 1. The van der Waals surface area contributed by atoms with Gasteiger partial charge in [-0.2, -0.15) is 0 Å². The Balaban J connectivity index is 1.81. The molecule has 0 saturated carbocycles. The van der Waals surface area contributed by atoms with Gasteiger partial charge in [-0.15, -0.1) is 10.2 Å². The molecule has 7 heteroatoms. The van der Waals surface area contributed by atoms with Gasteiger partial charge in [0, 0.05) is 37.5 Å². The lowest BCUT2D eigenvalue weighted by atomic mass is 10.1. The molecule has 0 N–H and O–H groups in total. The highest BCUT2D eigenvalue weighted by Crippen LogP contribution is 2.26. The first-order valence-corrected chi connectivity index (χ1v) is 9.02. The van der Waals surface area contributed by atoms with E-state index in [-0.39, 0.29) is 5.91 Å². The Bertz CT molecular complexity index is 728. The van der Waals surface area contributed by atoms with Crippen LogP contribution in [0.25, 0.3) is 11.4 Å². The van der Waals surface area contributed by atoms with Gasteiger partial charge in [0.1, 0.15) is 0 Å². The summed E-state index contributed by atoms with van der Waals surface area (Å²) in [5.74, 6) is 1.64. The molecule has 0 aliphatic carbocycles. The van der Waals surface area contributed by atoms with Gasteiger partial charge in [0.2, 0.25) is 5.91 Å². The number of hydrogen-bond acceptors (Lipinski definition) is 5. The van der Waals surface area contributed by atoms with Gasteiger partial charge in [0.15, 0.2) is 11.0 Å². The number of allylic oxidation sites excluding steroid dienone is 1. The van der Waals surface area contributed by atoms with Gasteiger partial charge >= 0.3 is 0 Å². The maximum atomic E-state index is 12.0. The van der Waals surface area contributed by atoms with Crippen molar-refractivity contribution in [1.82, 2.24) is 24.6 Å². The summed E-state index contributed by atoms with van der Waals surface area (Å²) in [6.07, 6.45) is 6.22. The fourth-order valence-corrected chi connectivity index (χ4v) is 3.61. The van der Waals surface area contributed by atoms with Crippen LogP contribution in [0.4, 0.5) is 0 Å². The number of nitrogens with zero attached hydrogens (tertiary/aromatic N) is 5. The predicted molar refractivity (Wildman–Crippen MR) is 94.4 cm³/mol. The van der Waals surface area contributed by atoms with Crippen LogP contribution in [-0.4, -0.2) is 43.0 Å². The highest BCUT2D eigenvalue weighted by molar-refractivity contribution is 7.99. The average Bonchev–Trinajstić information content (AvgIpc) is 2.97. The zero-order chi connectivity index (χ0) is 16.9. The standard InChI is InChI=1S/C17H21N5OS/c1-13(2)11-22-16(14-6-8-18-9-7-14)19-20-17(22)24-12-21-10-4-3-5-15(21)23/h6-9H,1,3-5,10-12H2,2H3. The van der Waals surface area contributed by atoms with Crippen LogP contribution < -0.4 is 0 Å². The van der Waals surface area contributed by atoms with Crippen molar-refractivity contribution in [1.29, 1.82) is 0 Å². The first-order chi connectivity index (χ1) is 11.6. The maximum absolute atomic E-state index is 12.0. The third kappa shape index (κ3) is 3.84. The van der Waals surface area contributed by atoms with Gasteiger partial charge in [-0.25, -0.2) is 0 Å².